The van der Waals surface area contributed by atoms with Crippen molar-refractivity contribution in [2.75, 3.05) is 45.7 Å². The summed E-state index contributed by atoms with van der Waals surface area (Å²) in [5.74, 6) is -0.518. The standard InChI is InChI=1S/C31H33FN4O3/c1-4-8-21(9-7-18-39-20-17-36(5-2)16-19-38-3)24-10-6-11-25-26(24)29-27(30(25)37)28(34-31(33)35-29)22-12-14-23(32)15-13-22/h4,6-15,18H,5,16-17,19-20H2,1-3H3,(H2,33,34,35). The summed E-state index contributed by atoms with van der Waals surface area (Å²) in [6.07, 6.45) is 9.35. The predicted molar refractivity (Wildman–Crippen MR) is 153 cm³/mol. The minimum atomic E-state index is -0.374. The SMILES string of the molecule is CC=CC(=CC=COCCN(CC)CCOC)c1cccc2c1-c1nc(N)nc(-c3ccc(F)cc3)c1C2=O. The van der Waals surface area contributed by atoms with Crippen molar-refractivity contribution in [2.24, 2.45) is 0 Å². The molecule has 0 saturated carbocycles. The van der Waals surface area contributed by atoms with Crippen LogP contribution in [0.4, 0.5) is 10.3 Å². The monoisotopic (exact) mass is 528 g/mol. The molecule has 0 bridgehead atoms. The Kier molecular flexibility index (Phi) is 9.35. The second-order valence-electron chi connectivity index (χ2n) is 8.97. The zero-order valence-corrected chi connectivity index (χ0v) is 22.5. The van der Waals surface area contributed by atoms with E-state index in [9.17, 15) is 9.18 Å². The number of carbonyl (C=O) groups is 1. The molecule has 8 heteroatoms. The average molecular weight is 529 g/mol. The summed E-state index contributed by atoms with van der Waals surface area (Å²) in [5.41, 5.74) is 10.9. The molecule has 0 saturated heterocycles. The highest BCUT2D eigenvalue weighted by Gasteiger charge is 2.34. The smallest absolute Gasteiger partial charge is 0.221 e. The number of rotatable bonds is 12. The van der Waals surface area contributed by atoms with Crippen molar-refractivity contribution in [3.8, 4) is 22.5 Å². The number of aromatic nitrogens is 2. The third-order valence-corrected chi connectivity index (χ3v) is 6.51. The lowest BCUT2D eigenvalue weighted by Gasteiger charge is -2.19. The molecule has 1 aromatic heterocycles. The molecule has 2 N–H and O–H groups in total. The fourth-order valence-corrected chi connectivity index (χ4v) is 4.57. The number of methoxy groups -OCH3 is 1. The molecule has 39 heavy (non-hydrogen) atoms. The number of likely N-dealkylation sites (N-methyl/N-ethyl adjacent to an activating group) is 1. The van der Waals surface area contributed by atoms with E-state index in [1.807, 2.05) is 43.4 Å². The Balaban J connectivity index is 1.65. The van der Waals surface area contributed by atoms with Gasteiger partial charge in [-0.15, -0.1) is 0 Å². The summed E-state index contributed by atoms with van der Waals surface area (Å²) in [7, 11) is 1.70. The molecule has 0 atom stereocenters. The molecule has 1 aliphatic rings. The van der Waals surface area contributed by atoms with Crippen molar-refractivity contribution >= 4 is 17.3 Å². The second kappa shape index (κ2) is 13.1. The zero-order valence-electron chi connectivity index (χ0n) is 22.5. The Labute approximate surface area is 228 Å². The van der Waals surface area contributed by atoms with Gasteiger partial charge in [-0.2, -0.15) is 0 Å². The summed E-state index contributed by atoms with van der Waals surface area (Å²) in [5, 5.41) is 0. The van der Waals surface area contributed by atoms with Gasteiger partial charge in [0.25, 0.3) is 0 Å². The molecular weight excluding hydrogens is 495 g/mol. The predicted octanol–water partition coefficient (Wildman–Crippen LogP) is 5.53. The molecule has 2 aromatic carbocycles. The van der Waals surface area contributed by atoms with E-state index in [2.05, 4.69) is 21.8 Å². The number of allylic oxidation sites excluding steroid dienone is 5. The van der Waals surface area contributed by atoms with Gasteiger partial charge < -0.3 is 15.2 Å². The van der Waals surface area contributed by atoms with Crippen molar-refractivity contribution in [3.05, 3.63) is 95.5 Å². The van der Waals surface area contributed by atoms with Crippen LogP contribution in [0.2, 0.25) is 0 Å². The van der Waals surface area contributed by atoms with Crippen LogP contribution in [-0.4, -0.2) is 60.6 Å². The first-order valence-corrected chi connectivity index (χ1v) is 12.9. The minimum Gasteiger partial charge on any atom is -0.500 e. The Bertz CT molecular complexity index is 1410. The van der Waals surface area contributed by atoms with Crippen LogP contribution in [0.1, 0.15) is 35.3 Å². The molecule has 0 unspecified atom stereocenters. The van der Waals surface area contributed by atoms with Gasteiger partial charge in [-0.05, 0) is 54.9 Å². The number of nitrogen functional groups attached to an aromatic ring is 1. The van der Waals surface area contributed by atoms with Gasteiger partial charge in [-0.3, -0.25) is 9.69 Å². The maximum atomic E-state index is 13.6. The third kappa shape index (κ3) is 6.30. The van der Waals surface area contributed by atoms with Gasteiger partial charge in [-0.25, -0.2) is 14.4 Å². The summed E-state index contributed by atoms with van der Waals surface area (Å²) in [4.78, 5) is 24.7. The largest absolute Gasteiger partial charge is 0.500 e. The molecule has 202 valence electrons. The first-order chi connectivity index (χ1) is 19.0. The topological polar surface area (TPSA) is 90.6 Å². The molecule has 1 aliphatic carbocycles. The van der Waals surface area contributed by atoms with Crippen LogP contribution in [0.3, 0.4) is 0 Å². The molecule has 3 aromatic rings. The Hall–Kier alpha value is -4.14. The number of nitrogens with zero attached hydrogens (tertiary/aromatic N) is 3. The fraction of sp³-hybridized carbons (Fsp3) is 0.258. The van der Waals surface area contributed by atoms with Gasteiger partial charge in [0.1, 0.15) is 5.82 Å². The fourth-order valence-electron chi connectivity index (χ4n) is 4.57. The molecule has 1 heterocycles. The van der Waals surface area contributed by atoms with Crippen molar-refractivity contribution < 1.29 is 18.7 Å². The van der Waals surface area contributed by atoms with Gasteiger partial charge in [0.2, 0.25) is 5.95 Å². The van der Waals surface area contributed by atoms with Crippen LogP contribution in [0.15, 0.2) is 73.0 Å². The van der Waals surface area contributed by atoms with Crippen LogP contribution >= 0.6 is 0 Å². The normalized spacial score (nSPS) is 13.1. The van der Waals surface area contributed by atoms with Crippen LogP contribution < -0.4 is 5.73 Å². The average Bonchev–Trinajstić information content (AvgIpc) is 3.23. The first-order valence-electron chi connectivity index (χ1n) is 12.9. The number of halogens is 1. The van der Waals surface area contributed by atoms with E-state index in [0.717, 1.165) is 30.8 Å². The number of hydrogen-bond donors (Lipinski definition) is 1. The van der Waals surface area contributed by atoms with Gasteiger partial charge in [0.15, 0.2) is 5.78 Å². The summed E-state index contributed by atoms with van der Waals surface area (Å²) in [6.45, 7) is 7.89. The second-order valence-corrected chi connectivity index (χ2v) is 8.97. The van der Waals surface area contributed by atoms with E-state index in [1.165, 1.54) is 12.1 Å². The minimum absolute atomic E-state index is 0.0417. The van der Waals surface area contributed by atoms with E-state index in [4.69, 9.17) is 15.2 Å². The molecule has 0 spiro atoms. The zero-order chi connectivity index (χ0) is 27.8. The molecule has 0 fully saturated rings. The number of carbonyl (C=O) groups excluding carboxylic acids is 1. The summed E-state index contributed by atoms with van der Waals surface area (Å²) < 4.78 is 24.4. The first kappa shape index (κ1) is 27.9. The number of nitrogens with two attached hydrogens (primary N) is 1. The van der Waals surface area contributed by atoms with E-state index in [1.54, 1.807) is 31.6 Å². The molecule has 7 nitrogen and oxygen atoms in total. The molecular formula is C31H33FN4O3. The Morgan fingerprint density at radius 2 is 1.79 bits per heavy atom. The molecule has 0 aliphatic heterocycles. The van der Waals surface area contributed by atoms with Gasteiger partial charge in [-0.1, -0.05) is 43.4 Å². The molecule has 0 radical (unpaired) electrons. The quantitative estimate of drug-likeness (QED) is 0.147. The van der Waals surface area contributed by atoms with E-state index in [-0.39, 0.29) is 17.5 Å². The van der Waals surface area contributed by atoms with E-state index >= 15 is 0 Å². The van der Waals surface area contributed by atoms with Crippen molar-refractivity contribution in [1.82, 2.24) is 14.9 Å². The Morgan fingerprint density at radius 3 is 2.51 bits per heavy atom. The Morgan fingerprint density at radius 1 is 1.05 bits per heavy atom. The van der Waals surface area contributed by atoms with E-state index in [0.29, 0.717) is 46.9 Å². The summed E-state index contributed by atoms with van der Waals surface area (Å²) >= 11 is 0. The number of benzene rings is 2. The maximum Gasteiger partial charge on any atom is 0.221 e. The van der Waals surface area contributed by atoms with Crippen LogP contribution in [0.25, 0.3) is 28.1 Å². The van der Waals surface area contributed by atoms with E-state index < -0.39 is 0 Å². The maximum absolute atomic E-state index is 13.6. The third-order valence-electron chi connectivity index (χ3n) is 6.51. The van der Waals surface area contributed by atoms with Gasteiger partial charge in [0.05, 0.1) is 36.4 Å². The van der Waals surface area contributed by atoms with Crippen LogP contribution in [-0.2, 0) is 9.47 Å². The van der Waals surface area contributed by atoms with Crippen molar-refractivity contribution in [2.45, 2.75) is 13.8 Å². The molecule has 0 amide bonds. The highest BCUT2D eigenvalue weighted by Crippen LogP contribution is 2.43. The number of hydrogen-bond acceptors (Lipinski definition) is 7. The van der Waals surface area contributed by atoms with Crippen molar-refractivity contribution in [1.29, 1.82) is 0 Å². The lowest BCUT2D eigenvalue weighted by molar-refractivity contribution is 0.104. The highest BCUT2D eigenvalue weighted by molar-refractivity contribution is 6.25. The lowest BCUT2D eigenvalue weighted by atomic mass is 9.95. The highest BCUT2D eigenvalue weighted by atomic mass is 19.1. The molecule has 4 rings (SSSR count). The number of ether oxygens (including phenoxy) is 2. The van der Waals surface area contributed by atoms with Gasteiger partial charge in [0, 0.05) is 36.9 Å². The lowest BCUT2D eigenvalue weighted by Crippen LogP contribution is -2.30. The number of anilines is 1. The number of ketones is 1. The van der Waals surface area contributed by atoms with Crippen LogP contribution in [0, 0.1) is 5.82 Å². The van der Waals surface area contributed by atoms with Crippen molar-refractivity contribution in [3.63, 3.8) is 0 Å². The van der Waals surface area contributed by atoms with Gasteiger partial charge >= 0.3 is 0 Å². The van der Waals surface area contributed by atoms with Crippen LogP contribution in [0.5, 0.6) is 0 Å². The number of fused-ring (bicyclic) bond motifs is 3. The summed E-state index contributed by atoms with van der Waals surface area (Å²) in [6, 6.07) is 11.4.